The van der Waals surface area contributed by atoms with Gasteiger partial charge >= 0.3 is 11.8 Å². The normalized spacial score (nSPS) is 18.6. The van der Waals surface area contributed by atoms with Crippen molar-refractivity contribution in [3.63, 3.8) is 0 Å². The van der Waals surface area contributed by atoms with Gasteiger partial charge in [0.2, 0.25) is 0 Å². The molecule has 35 heavy (non-hydrogen) atoms. The summed E-state index contributed by atoms with van der Waals surface area (Å²) >= 11 is 0. The first-order chi connectivity index (χ1) is 16.4. The van der Waals surface area contributed by atoms with Crippen molar-refractivity contribution in [3.05, 3.63) is 58.9 Å². The van der Waals surface area contributed by atoms with Gasteiger partial charge in [-0.3, -0.25) is 10.1 Å². The molecule has 3 aromatic rings. The highest BCUT2D eigenvalue weighted by Gasteiger charge is 2.39. The third-order valence-electron chi connectivity index (χ3n) is 5.39. The van der Waals surface area contributed by atoms with Gasteiger partial charge in [-0.25, -0.2) is 26.6 Å². The molecule has 1 N–H and O–H groups in total. The van der Waals surface area contributed by atoms with Crippen LogP contribution in [-0.2, 0) is 14.8 Å². The van der Waals surface area contributed by atoms with Crippen molar-refractivity contribution in [3.8, 4) is 0 Å². The van der Waals surface area contributed by atoms with E-state index in [2.05, 4.69) is 10.3 Å². The van der Waals surface area contributed by atoms with Crippen LogP contribution in [0.5, 0.6) is 0 Å². The number of nitro groups is 1. The first kappa shape index (κ1) is 24.4. The highest BCUT2D eigenvalue weighted by atomic mass is 32.2. The van der Waals surface area contributed by atoms with Crippen LogP contribution in [0.4, 0.5) is 20.6 Å². The number of hydrogen-bond donors (Lipinski definition) is 1. The van der Waals surface area contributed by atoms with E-state index in [1.807, 2.05) is 0 Å². The van der Waals surface area contributed by atoms with Gasteiger partial charge in [0.05, 0.1) is 27.8 Å². The van der Waals surface area contributed by atoms with Crippen molar-refractivity contribution < 1.29 is 27.3 Å². The number of carbonyl (C=O) groups excluding carboxylic acids is 1. The number of carbonyl (C=O) groups is 1. The minimum Gasteiger partial charge on any atom is -0.444 e. The van der Waals surface area contributed by atoms with Crippen LogP contribution in [0.25, 0.3) is 11.0 Å². The summed E-state index contributed by atoms with van der Waals surface area (Å²) in [6, 6.07) is 8.04. The number of anilines is 1. The Bertz CT molecular complexity index is 1390. The van der Waals surface area contributed by atoms with E-state index in [9.17, 15) is 27.7 Å². The molecule has 13 heteroatoms. The Kier molecular flexibility index (Phi) is 6.13. The standard InChI is InChI=1S/C22H24FN5O6S/c1-22(2,3)34-21(29)26-12-16(23)17(13-26)25-19-15-9-10-27(20(15)24-11-18(19)28(30)31)35(32,33)14-7-5-4-6-8-14/h4-11,16-17H,12-13H2,1-3H3,(H,24,25)/t16?,17-/m1/s1. The van der Waals surface area contributed by atoms with E-state index in [-0.39, 0.29) is 34.7 Å². The summed E-state index contributed by atoms with van der Waals surface area (Å²) in [7, 11) is -4.03. The number of fused-ring (bicyclic) bond motifs is 1. The van der Waals surface area contributed by atoms with Crippen molar-refractivity contribution in [1.82, 2.24) is 13.9 Å². The van der Waals surface area contributed by atoms with Gasteiger partial charge in [-0.2, -0.15) is 0 Å². The average molecular weight is 506 g/mol. The van der Waals surface area contributed by atoms with Crippen LogP contribution in [-0.4, -0.2) is 64.2 Å². The highest BCUT2D eigenvalue weighted by molar-refractivity contribution is 7.90. The molecule has 1 fully saturated rings. The number of halogens is 1. The molecule has 0 bridgehead atoms. The molecule has 1 aliphatic rings. The fourth-order valence-corrected chi connectivity index (χ4v) is 5.13. The summed E-state index contributed by atoms with van der Waals surface area (Å²) in [4.78, 5) is 28.6. The zero-order chi connectivity index (χ0) is 25.5. The lowest BCUT2D eigenvalue weighted by Gasteiger charge is -2.24. The van der Waals surface area contributed by atoms with E-state index in [0.29, 0.717) is 0 Å². The van der Waals surface area contributed by atoms with Crippen molar-refractivity contribution in [2.75, 3.05) is 18.4 Å². The number of rotatable bonds is 5. The molecule has 2 aromatic heterocycles. The van der Waals surface area contributed by atoms with Crippen molar-refractivity contribution in [2.45, 2.75) is 43.5 Å². The summed E-state index contributed by atoms with van der Waals surface area (Å²) in [5, 5.41) is 14.6. The molecular weight excluding hydrogens is 481 g/mol. The Morgan fingerprint density at radius 1 is 1.23 bits per heavy atom. The Balaban J connectivity index is 1.70. The predicted octanol–water partition coefficient (Wildman–Crippen LogP) is 3.55. The number of ether oxygens (including phenoxy) is 1. The van der Waals surface area contributed by atoms with E-state index in [1.54, 1.807) is 39.0 Å². The van der Waals surface area contributed by atoms with Gasteiger partial charge in [0.15, 0.2) is 5.65 Å². The number of alkyl halides is 1. The molecule has 0 aliphatic carbocycles. The van der Waals surface area contributed by atoms with Crippen molar-refractivity contribution in [1.29, 1.82) is 0 Å². The number of aromatic nitrogens is 2. The van der Waals surface area contributed by atoms with Gasteiger partial charge in [-0.1, -0.05) is 18.2 Å². The van der Waals surface area contributed by atoms with Crippen LogP contribution in [0.2, 0.25) is 0 Å². The second-order valence-electron chi connectivity index (χ2n) is 9.09. The Hall–Kier alpha value is -3.74. The maximum atomic E-state index is 14.9. The summed E-state index contributed by atoms with van der Waals surface area (Å²) in [6.45, 7) is 4.72. The molecule has 4 rings (SSSR count). The van der Waals surface area contributed by atoms with Gasteiger partial charge in [0, 0.05) is 12.7 Å². The van der Waals surface area contributed by atoms with E-state index in [1.165, 1.54) is 29.3 Å². The van der Waals surface area contributed by atoms with E-state index < -0.39 is 44.5 Å². The Labute approximate surface area is 200 Å². The Morgan fingerprint density at radius 2 is 1.91 bits per heavy atom. The molecule has 11 nitrogen and oxygen atoms in total. The molecule has 0 saturated carbocycles. The largest absolute Gasteiger partial charge is 0.444 e. The topological polar surface area (TPSA) is 137 Å². The number of nitrogens with zero attached hydrogens (tertiary/aromatic N) is 4. The summed E-state index contributed by atoms with van der Waals surface area (Å²) in [5.41, 5.74) is -1.35. The number of nitrogens with one attached hydrogen (secondary N) is 1. The van der Waals surface area contributed by atoms with Crippen LogP contribution in [0.1, 0.15) is 20.8 Å². The van der Waals surface area contributed by atoms with Crippen LogP contribution in [0, 0.1) is 10.1 Å². The molecule has 186 valence electrons. The second kappa shape index (κ2) is 8.80. The molecule has 2 atom stereocenters. The third-order valence-corrected chi connectivity index (χ3v) is 7.07. The van der Waals surface area contributed by atoms with Gasteiger partial charge in [0.1, 0.15) is 23.7 Å². The summed E-state index contributed by atoms with van der Waals surface area (Å²) in [5.74, 6) is 0. The number of hydrogen-bond acceptors (Lipinski definition) is 8. The number of pyridine rings is 1. The maximum absolute atomic E-state index is 14.9. The zero-order valence-electron chi connectivity index (χ0n) is 19.2. The van der Waals surface area contributed by atoms with Gasteiger partial charge in [-0.15, -0.1) is 0 Å². The Morgan fingerprint density at radius 3 is 2.54 bits per heavy atom. The molecule has 1 saturated heterocycles. The predicted molar refractivity (Wildman–Crippen MR) is 126 cm³/mol. The molecule has 3 heterocycles. The molecule has 0 spiro atoms. The first-order valence-corrected chi connectivity index (χ1v) is 12.2. The number of likely N-dealkylation sites (tertiary alicyclic amines) is 1. The molecule has 1 aliphatic heterocycles. The van der Waals surface area contributed by atoms with Crippen LogP contribution < -0.4 is 5.32 Å². The summed E-state index contributed by atoms with van der Waals surface area (Å²) in [6.07, 6.45) is -0.0710. The lowest BCUT2D eigenvalue weighted by atomic mass is 10.2. The van der Waals surface area contributed by atoms with Crippen LogP contribution in [0.3, 0.4) is 0 Å². The van der Waals surface area contributed by atoms with Gasteiger partial charge < -0.3 is 15.0 Å². The summed E-state index contributed by atoms with van der Waals surface area (Å²) < 4.78 is 47.3. The minimum atomic E-state index is -4.03. The molecule has 0 radical (unpaired) electrons. The van der Waals surface area contributed by atoms with Crippen molar-refractivity contribution in [2.24, 2.45) is 0 Å². The monoisotopic (exact) mass is 505 g/mol. The molecular formula is C22H24FN5O6S. The van der Waals surface area contributed by atoms with E-state index in [4.69, 9.17) is 4.74 Å². The quantitative estimate of drug-likeness (QED) is 0.411. The SMILES string of the molecule is CC(C)(C)OC(=O)N1CC(F)[C@H](Nc2c([N+](=O)[O-])cnc3c2ccn3S(=O)(=O)c2ccccc2)C1. The lowest BCUT2D eigenvalue weighted by molar-refractivity contribution is -0.384. The highest BCUT2D eigenvalue weighted by Crippen LogP contribution is 2.35. The first-order valence-electron chi connectivity index (χ1n) is 10.7. The second-order valence-corrected chi connectivity index (χ2v) is 10.9. The molecule has 1 amide bonds. The van der Waals surface area contributed by atoms with Crippen LogP contribution >= 0.6 is 0 Å². The fourth-order valence-electron chi connectivity index (χ4n) is 3.80. The zero-order valence-corrected chi connectivity index (χ0v) is 20.0. The molecule has 1 aromatic carbocycles. The average Bonchev–Trinajstić information content (AvgIpc) is 3.38. The smallest absolute Gasteiger partial charge is 0.410 e. The molecule has 1 unspecified atom stereocenters. The van der Waals surface area contributed by atoms with E-state index in [0.717, 1.165) is 10.2 Å². The third kappa shape index (κ3) is 4.76. The van der Waals surface area contributed by atoms with Crippen LogP contribution in [0.15, 0.2) is 53.7 Å². The maximum Gasteiger partial charge on any atom is 0.410 e. The van der Waals surface area contributed by atoms with E-state index >= 15 is 0 Å². The number of benzene rings is 1. The minimum absolute atomic E-state index is 0.0137. The van der Waals surface area contributed by atoms with Gasteiger partial charge in [0.25, 0.3) is 10.0 Å². The van der Waals surface area contributed by atoms with Crippen molar-refractivity contribution >= 4 is 38.5 Å². The fraction of sp³-hybridized carbons (Fsp3) is 0.364. The number of amides is 1. The lowest BCUT2D eigenvalue weighted by Crippen LogP contribution is -2.36. The van der Waals surface area contributed by atoms with Gasteiger partial charge in [-0.05, 0) is 39.0 Å².